The summed E-state index contributed by atoms with van der Waals surface area (Å²) < 4.78 is 0. The van der Waals surface area contributed by atoms with Crippen LogP contribution in [0.3, 0.4) is 0 Å². The van der Waals surface area contributed by atoms with Gasteiger partial charge in [-0.1, -0.05) is 67.1 Å². The van der Waals surface area contributed by atoms with Crippen molar-refractivity contribution in [2.45, 2.75) is 31.1 Å². The molecule has 148 valence electrons. The molecule has 0 amide bonds. The molecule has 0 bridgehead atoms. The van der Waals surface area contributed by atoms with E-state index in [0.29, 0.717) is 18.1 Å². The minimum atomic E-state index is -1.26. The van der Waals surface area contributed by atoms with Crippen molar-refractivity contribution in [3.05, 3.63) is 83.9 Å². The van der Waals surface area contributed by atoms with Crippen LogP contribution in [0.1, 0.15) is 36.8 Å². The average Bonchev–Trinajstić information content (AvgIpc) is 2.74. The molecule has 5 nitrogen and oxygen atoms in total. The van der Waals surface area contributed by atoms with Crippen LogP contribution in [-0.4, -0.2) is 28.7 Å². The van der Waals surface area contributed by atoms with Gasteiger partial charge in [-0.3, -0.25) is 0 Å². The number of carboxylic acids is 2. The molecule has 0 saturated heterocycles. The molecule has 1 atom stereocenters. The van der Waals surface area contributed by atoms with E-state index in [1.807, 2.05) is 0 Å². The van der Waals surface area contributed by atoms with Gasteiger partial charge in [0, 0.05) is 17.6 Å². The van der Waals surface area contributed by atoms with Crippen molar-refractivity contribution in [3.63, 3.8) is 0 Å². The summed E-state index contributed by atoms with van der Waals surface area (Å²) in [6, 6.07) is 22.0. The second-order valence-corrected chi connectivity index (χ2v) is 7.02. The Balaban J connectivity index is 0.000000300. The Morgan fingerprint density at radius 2 is 1.39 bits per heavy atom. The fraction of sp³-hybridized carbons (Fsp3) is 0.304. The number of carbonyl (C=O) groups is 2. The van der Waals surface area contributed by atoms with Crippen LogP contribution in [0.15, 0.2) is 72.8 Å². The Morgan fingerprint density at radius 3 is 1.79 bits per heavy atom. The summed E-state index contributed by atoms with van der Waals surface area (Å²) in [4.78, 5) is 19.1. The van der Waals surface area contributed by atoms with Crippen LogP contribution in [0, 0.1) is 5.92 Å². The van der Waals surface area contributed by atoms with Gasteiger partial charge < -0.3 is 15.9 Å². The van der Waals surface area contributed by atoms with Gasteiger partial charge in [-0.15, -0.1) is 0 Å². The van der Waals surface area contributed by atoms with Gasteiger partial charge in [0.15, 0.2) is 0 Å². The van der Waals surface area contributed by atoms with Gasteiger partial charge in [-0.2, -0.15) is 0 Å². The standard InChI is InChI=1S/C19H23N.C4H4O4/c20-15-16-8-7-13-19(14-16,17-9-3-1-4-10-17)18-11-5-2-6-12-18;5-3(6)1-2-4(7)8/h1-6,9-12,16H,7-8,13-15,20H2;1-2H,(H,5,6)(H,7,8). The van der Waals surface area contributed by atoms with Crippen molar-refractivity contribution in [1.82, 2.24) is 0 Å². The summed E-state index contributed by atoms with van der Waals surface area (Å²) in [5, 5.41) is 15.6. The lowest BCUT2D eigenvalue weighted by Crippen LogP contribution is -2.36. The summed E-state index contributed by atoms with van der Waals surface area (Å²) in [7, 11) is 0. The summed E-state index contributed by atoms with van der Waals surface area (Å²) >= 11 is 0. The van der Waals surface area contributed by atoms with Gasteiger partial charge in [0.05, 0.1) is 0 Å². The van der Waals surface area contributed by atoms with E-state index in [9.17, 15) is 9.59 Å². The van der Waals surface area contributed by atoms with Gasteiger partial charge in [0.2, 0.25) is 0 Å². The van der Waals surface area contributed by atoms with E-state index in [1.165, 1.54) is 36.8 Å². The van der Waals surface area contributed by atoms with Gasteiger partial charge in [0.1, 0.15) is 0 Å². The predicted molar refractivity (Wildman–Crippen MR) is 109 cm³/mol. The first-order valence-corrected chi connectivity index (χ1v) is 9.43. The smallest absolute Gasteiger partial charge is 0.328 e. The lowest BCUT2D eigenvalue weighted by Gasteiger charge is -2.42. The first kappa shape index (κ1) is 21.4. The second-order valence-electron chi connectivity index (χ2n) is 7.02. The minimum Gasteiger partial charge on any atom is -0.478 e. The van der Waals surface area contributed by atoms with Crippen molar-refractivity contribution < 1.29 is 19.8 Å². The molecular weight excluding hydrogens is 354 g/mol. The molecule has 1 fully saturated rings. The van der Waals surface area contributed by atoms with Crippen LogP contribution in [0.4, 0.5) is 0 Å². The molecule has 0 spiro atoms. The molecule has 3 rings (SSSR count). The molecule has 2 aromatic carbocycles. The molecule has 4 N–H and O–H groups in total. The molecule has 0 aliphatic heterocycles. The number of hydrogen-bond donors (Lipinski definition) is 3. The quantitative estimate of drug-likeness (QED) is 0.683. The highest BCUT2D eigenvalue weighted by atomic mass is 16.4. The first-order valence-electron chi connectivity index (χ1n) is 9.43. The highest BCUT2D eigenvalue weighted by Gasteiger charge is 2.38. The van der Waals surface area contributed by atoms with Gasteiger partial charge >= 0.3 is 11.9 Å². The topological polar surface area (TPSA) is 101 Å². The molecule has 2 aromatic rings. The number of rotatable bonds is 5. The Morgan fingerprint density at radius 1 is 0.929 bits per heavy atom. The fourth-order valence-corrected chi connectivity index (χ4v) is 3.94. The lowest BCUT2D eigenvalue weighted by molar-refractivity contribution is -0.134. The number of benzene rings is 2. The number of aliphatic carboxylic acids is 2. The highest BCUT2D eigenvalue weighted by molar-refractivity contribution is 5.89. The average molecular weight is 381 g/mol. The largest absolute Gasteiger partial charge is 0.478 e. The molecule has 1 aliphatic rings. The van der Waals surface area contributed by atoms with Crippen molar-refractivity contribution in [1.29, 1.82) is 0 Å². The summed E-state index contributed by atoms with van der Waals surface area (Å²) in [5.74, 6) is -1.87. The third-order valence-corrected chi connectivity index (χ3v) is 5.21. The van der Waals surface area contributed by atoms with E-state index < -0.39 is 11.9 Å². The Hall–Kier alpha value is -2.92. The lowest BCUT2D eigenvalue weighted by atomic mass is 9.62. The minimum absolute atomic E-state index is 0.158. The zero-order valence-electron chi connectivity index (χ0n) is 15.8. The van der Waals surface area contributed by atoms with Gasteiger partial charge in [-0.25, -0.2) is 9.59 Å². The maximum atomic E-state index is 9.55. The molecule has 0 radical (unpaired) electrons. The second kappa shape index (κ2) is 10.4. The fourth-order valence-electron chi connectivity index (χ4n) is 3.94. The highest BCUT2D eigenvalue weighted by Crippen LogP contribution is 2.46. The Bertz CT molecular complexity index is 731. The molecule has 5 heteroatoms. The SMILES string of the molecule is NCC1CCCC(c2ccccc2)(c2ccccc2)C1.O=C(O)C=CC(=O)O. The molecule has 1 saturated carbocycles. The van der Waals surface area contributed by atoms with E-state index >= 15 is 0 Å². The molecule has 0 heterocycles. The zero-order valence-corrected chi connectivity index (χ0v) is 15.8. The van der Waals surface area contributed by atoms with Gasteiger partial charge in [0.25, 0.3) is 0 Å². The molecule has 28 heavy (non-hydrogen) atoms. The van der Waals surface area contributed by atoms with E-state index in [0.717, 1.165) is 6.54 Å². The van der Waals surface area contributed by atoms with Crippen LogP contribution in [0.25, 0.3) is 0 Å². The van der Waals surface area contributed by atoms with E-state index in [2.05, 4.69) is 60.7 Å². The van der Waals surface area contributed by atoms with Crippen LogP contribution >= 0.6 is 0 Å². The number of hydrogen-bond acceptors (Lipinski definition) is 3. The van der Waals surface area contributed by atoms with Crippen LogP contribution in [0.2, 0.25) is 0 Å². The summed E-state index contributed by atoms with van der Waals surface area (Å²) in [6.07, 6.45) is 6.07. The Kier molecular flexibility index (Phi) is 7.96. The van der Waals surface area contributed by atoms with E-state index in [-0.39, 0.29) is 5.41 Å². The monoisotopic (exact) mass is 381 g/mol. The van der Waals surface area contributed by atoms with Crippen molar-refractivity contribution in [3.8, 4) is 0 Å². The molecule has 1 aliphatic carbocycles. The van der Waals surface area contributed by atoms with Crippen LogP contribution < -0.4 is 5.73 Å². The Labute approximate surface area is 165 Å². The van der Waals surface area contributed by atoms with Crippen molar-refractivity contribution >= 4 is 11.9 Å². The van der Waals surface area contributed by atoms with Crippen LogP contribution in [0.5, 0.6) is 0 Å². The van der Waals surface area contributed by atoms with Gasteiger partial charge in [-0.05, 0) is 42.9 Å². The first-order chi connectivity index (χ1) is 13.5. The van der Waals surface area contributed by atoms with Crippen molar-refractivity contribution in [2.75, 3.05) is 6.54 Å². The third kappa shape index (κ3) is 5.79. The van der Waals surface area contributed by atoms with E-state index in [1.54, 1.807) is 0 Å². The maximum absolute atomic E-state index is 9.55. The number of nitrogens with two attached hydrogens (primary N) is 1. The number of carboxylic acid groups (broad SMARTS) is 2. The zero-order chi connectivity index (χ0) is 20.4. The predicted octanol–water partition coefficient (Wildman–Crippen LogP) is 3.83. The molecular formula is C23H27NO4. The van der Waals surface area contributed by atoms with Crippen LogP contribution in [-0.2, 0) is 15.0 Å². The normalized spacial score (nSPS) is 18.1. The summed E-state index contributed by atoms with van der Waals surface area (Å²) in [5.41, 5.74) is 9.04. The molecule has 1 unspecified atom stereocenters. The van der Waals surface area contributed by atoms with E-state index in [4.69, 9.17) is 15.9 Å². The third-order valence-electron chi connectivity index (χ3n) is 5.21. The molecule has 0 aromatic heterocycles. The maximum Gasteiger partial charge on any atom is 0.328 e. The summed E-state index contributed by atoms with van der Waals surface area (Å²) in [6.45, 7) is 0.807. The van der Waals surface area contributed by atoms with Crippen molar-refractivity contribution in [2.24, 2.45) is 11.7 Å².